The van der Waals surface area contributed by atoms with Crippen molar-refractivity contribution in [2.75, 3.05) is 17.2 Å². The monoisotopic (exact) mass is 574 g/mol. The van der Waals surface area contributed by atoms with Gasteiger partial charge in [0.25, 0.3) is 6.43 Å². The van der Waals surface area contributed by atoms with Crippen molar-refractivity contribution in [3.05, 3.63) is 75.7 Å². The van der Waals surface area contributed by atoms with E-state index in [4.69, 9.17) is 11.6 Å². The minimum absolute atomic E-state index is 0.0524. The molecule has 0 aliphatic heterocycles. The van der Waals surface area contributed by atoms with E-state index in [1.54, 1.807) is 24.4 Å². The molecule has 1 saturated carbocycles. The van der Waals surface area contributed by atoms with Crippen LogP contribution in [0.5, 0.6) is 0 Å². The number of nitrogens with one attached hydrogen (secondary N) is 2. The van der Waals surface area contributed by atoms with Crippen LogP contribution in [0.15, 0.2) is 42.7 Å². The quantitative estimate of drug-likeness (QED) is 0.234. The molecule has 1 aliphatic rings. The van der Waals surface area contributed by atoms with E-state index in [2.05, 4.69) is 58.8 Å². The van der Waals surface area contributed by atoms with Crippen LogP contribution in [0.25, 0.3) is 10.9 Å². The Morgan fingerprint density at radius 2 is 1.90 bits per heavy atom. The minimum Gasteiger partial charge on any atom is -0.383 e. The van der Waals surface area contributed by atoms with E-state index in [1.807, 2.05) is 19.1 Å². The SMILES string of the molecule is Cc1cc(C#N)ccc1[C@H](Nc1cc(Cl)c2ncc(C#N)c(NCC(C)(C)C)c2c1)c1cn(C2(C(F)F)CC2)nn1. The Kier molecular flexibility index (Phi) is 7.31. The molecule has 0 saturated heterocycles. The summed E-state index contributed by atoms with van der Waals surface area (Å²) in [5, 5.41) is 35.5. The topological polar surface area (TPSA) is 115 Å². The first-order valence-electron chi connectivity index (χ1n) is 13.2. The van der Waals surface area contributed by atoms with E-state index in [0.717, 1.165) is 11.1 Å². The molecule has 0 amide bonds. The largest absolute Gasteiger partial charge is 0.383 e. The van der Waals surface area contributed by atoms with Gasteiger partial charge in [0.05, 0.1) is 45.7 Å². The number of halogens is 3. The summed E-state index contributed by atoms with van der Waals surface area (Å²) >= 11 is 6.71. The van der Waals surface area contributed by atoms with E-state index < -0.39 is 18.0 Å². The van der Waals surface area contributed by atoms with Crippen molar-refractivity contribution >= 4 is 33.9 Å². The molecule has 41 heavy (non-hydrogen) atoms. The third kappa shape index (κ3) is 5.53. The summed E-state index contributed by atoms with van der Waals surface area (Å²) < 4.78 is 28.9. The number of benzene rings is 2. The fourth-order valence-electron chi connectivity index (χ4n) is 4.82. The number of hydrogen-bond donors (Lipinski definition) is 2. The van der Waals surface area contributed by atoms with Gasteiger partial charge in [-0.15, -0.1) is 5.10 Å². The van der Waals surface area contributed by atoms with Crippen LogP contribution in [-0.4, -0.2) is 32.9 Å². The molecule has 0 radical (unpaired) electrons. The number of pyridine rings is 1. The van der Waals surface area contributed by atoms with Crippen molar-refractivity contribution < 1.29 is 8.78 Å². The van der Waals surface area contributed by atoms with E-state index in [1.165, 1.54) is 10.9 Å². The van der Waals surface area contributed by atoms with Gasteiger partial charge in [-0.1, -0.05) is 43.7 Å². The van der Waals surface area contributed by atoms with Crippen molar-refractivity contribution in [2.24, 2.45) is 5.41 Å². The maximum atomic E-state index is 13.8. The van der Waals surface area contributed by atoms with Gasteiger partial charge in [-0.2, -0.15) is 10.5 Å². The highest BCUT2D eigenvalue weighted by molar-refractivity contribution is 6.35. The highest BCUT2D eigenvalue weighted by atomic mass is 35.5. The highest BCUT2D eigenvalue weighted by Crippen LogP contribution is 2.48. The zero-order valence-electron chi connectivity index (χ0n) is 23.1. The molecule has 210 valence electrons. The lowest BCUT2D eigenvalue weighted by Gasteiger charge is -2.23. The van der Waals surface area contributed by atoms with Gasteiger partial charge in [0.15, 0.2) is 0 Å². The molecule has 1 aliphatic carbocycles. The molecule has 0 unspecified atom stereocenters. The summed E-state index contributed by atoms with van der Waals surface area (Å²) in [5.41, 5.74) is 3.34. The second kappa shape index (κ2) is 10.6. The number of anilines is 2. The highest BCUT2D eigenvalue weighted by Gasteiger charge is 2.54. The summed E-state index contributed by atoms with van der Waals surface area (Å²) in [5.74, 6) is 0. The molecule has 1 fully saturated rings. The van der Waals surface area contributed by atoms with Gasteiger partial charge in [0.1, 0.15) is 17.3 Å². The number of rotatable bonds is 8. The first-order valence-corrected chi connectivity index (χ1v) is 13.6. The molecule has 11 heteroatoms. The average molecular weight is 575 g/mol. The van der Waals surface area contributed by atoms with Crippen LogP contribution >= 0.6 is 11.6 Å². The van der Waals surface area contributed by atoms with Crippen molar-refractivity contribution in [2.45, 2.75) is 58.5 Å². The van der Waals surface area contributed by atoms with Crippen LogP contribution in [0.4, 0.5) is 20.2 Å². The number of alkyl halides is 2. The zero-order valence-corrected chi connectivity index (χ0v) is 23.9. The normalized spacial score (nSPS) is 14.9. The molecule has 1 atom stereocenters. The van der Waals surface area contributed by atoms with Crippen LogP contribution < -0.4 is 10.6 Å². The van der Waals surface area contributed by atoms with Crippen molar-refractivity contribution in [3.63, 3.8) is 0 Å². The average Bonchev–Trinajstić information content (AvgIpc) is 3.60. The smallest absolute Gasteiger partial charge is 0.263 e. The lowest BCUT2D eigenvalue weighted by Crippen LogP contribution is -2.26. The van der Waals surface area contributed by atoms with Crippen molar-refractivity contribution in [1.82, 2.24) is 20.0 Å². The number of aryl methyl sites for hydroxylation is 1. The molecular formula is C30H29ClF2N8. The molecule has 4 aromatic rings. The van der Waals surface area contributed by atoms with E-state index in [-0.39, 0.29) is 5.41 Å². The number of hydrogen-bond acceptors (Lipinski definition) is 7. The molecule has 5 rings (SSSR count). The molecular weight excluding hydrogens is 546 g/mol. The van der Waals surface area contributed by atoms with Crippen molar-refractivity contribution in [3.8, 4) is 12.1 Å². The predicted octanol–water partition coefficient (Wildman–Crippen LogP) is 6.95. The molecule has 0 spiro atoms. The molecule has 2 aromatic heterocycles. The fourth-order valence-corrected chi connectivity index (χ4v) is 5.09. The molecule has 2 N–H and O–H groups in total. The number of aromatic nitrogens is 4. The second-order valence-electron chi connectivity index (χ2n) is 11.7. The summed E-state index contributed by atoms with van der Waals surface area (Å²) in [6, 6.07) is 12.6. The molecule has 8 nitrogen and oxygen atoms in total. The Labute approximate surface area is 241 Å². The Morgan fingerprint density at radius 3 is 2.51 bits per heavy atom. The lowest BCUT2D eigenvalue weighted by atomic mass is 9.96. The third-order valence-electron chi connectivity index (χ3n) is 7.29. The van der Waals surface area contributed by atoms with Gasteiger partial charge in [-0.25, -0.2) is 13.5 Å². The van der Waals surface area contributed by atoms with Crippen LogP contribution in [0.3, 0.4) is 0 Å². The van der Waals surface area contributed by atoms with Crippen LogP contribution in [0.2, 0.25) is 5.02 Å². The standard InChI is InChI=1S/C30H29ClF2N8/c1-17-9-18(12-34)5-6-21(17)27(24-15-41(40-39-24)30(7-8-30)28(32)33)38-20-10-22-25(37-16-29(2,3)4)19(13-35)14-36-26(22)23(31)11-20/h5-6,9-11,14-15,27-28,38H,7-8,16H2,1-4H3,(H,36,37)/t27-/m0/s1. The summed E-state index contributed by atoms with van der Waals surface area (Å²) in [7, 11) is 0. The third-order valence-corrected chi connectivity index (χ3v) is 7.58. The summed E-state index contributed by atoms with van der Waals surface area (Å²) in [6.45, 7) is 8.76. The first kappa shape index (κ1) is 28.3. The maximum Gasteiger partial charge on any atom is 0.263 e. The van der Waals surface area contributed by atoms with Crippen molar-refractivity contribution in [1.29, 1.82) is 10.5 Å². The number of fused-ring (bicyclic) bond motifs is 1. The number of nitrogens with zero attached hydrogens (tertiary/aromatic N) is 6. The van der Waals surface area contributed by atoms with Gasteiger partial charge in [0, 0.05) is 23.8 Å². The van der Waals surface area contributed by atoms with Crippen LogP contribution in [0.1, 0.15) is 67.6 Å². The van der Waals surface area contributed by atoms with Gasteiger partial charge in [-0.05, 0) is 60.6 Å². The van der Waals surface area contributed by atoms with E-state index in [9.17, 15) is 19.3 Å². The Bertz CT molecular complexity index is 1710. The second-order valence-corrected chi connectivity index (χ2v) is 12.1. The van der Waals surface area contributed by atoms with Crippen LogP contribution in [-0.2, 0) is 5.54 Å². The summed E-state index contributed by atoms with van der Waals surface area (Å²) in [6.07, 6.45) is 1.17. The Morgan fingerprint density at radius 1 is 1.15 bits per heavy atom. The Balaban J connectivity index is 1.61. The predicted molar refractivity (Wildman–Crippen MR) is 154 cm³/mol. The number of nitriles is 2. The van der Waals surface area contributed by atoms with Gasteiger partial charge >= 0.3 is 0 Å². The van der Waals surface area contributed by atoms with Gasteiger partial charge in [0.2, 0.25) is 0 Å². The van der Waals surface area contributed by atoms with E-state index in [0.29, 0.717) is 63.5 Å². The molecule has 0 bridgehead atoms. The van der Waals surface area contributed by atoms with Gasteiger partial charge < -0.3 is 10.6 Å². The minimum atomic E-state index is -2.56. The maximum absolute atomic E-state index is 13.8. The van der Waals surface area contributed by atoms with Gasteiger partial charge in [-0.3, -0.25) is 4.98 Å². The fraction of sp³-hybridized carbons (Fsp3) is 0.367. The van der Waals surface area contributed by atoms with Crippen LogP contribution in [0, 0.1) is 35.0 Å². The molecule has 2 aromatic carbocycles. The first-order chi connectivity index (χ1) is 19.5. The lowest BCUT2D eigenvalue weighted by molar-refractivity contribution is 0.0593. The summed E-state index contributed by atoms with van der Waals surface area (Å²) in [4.78, 5) is 4.43. The Hall–Kier alpha value is -4.28. The zero-order chi connectivity index (χ0) is 29.5. The van der Waals surface area contributed by atoms with E-state index >= 15 is 0 Å². The molecule has 2 heterocycles.